The lowest BCUT2D eigenvalue weighted by Crippen LogP contribution is -2.37. The van der Waals surface area contributed by atoms with E-state index in [0.29, 0.717) is 23.9 Å². The van der Waals surface area contributed by atoms with Gasteiger partial charge in [0.05, 0.1) is 18.8 Å². The van der Waals surface area contributed by atoms with E-state index in [4.69, 9.17) is 16.3 Å². The van der Waals surface area contributed by atoms with E-state index >= 15 is 0 Å². The molecule has 0 bridgehead atoms. The Balaban J connectivity index is 1.42. The van der Waals surface area contributed by atoms with Gasteiger partial charge < -0.3 is 10.1 Å². The third kappa shape index (κ3) is 3.79. The van der Waals surface area contributed by atoms with Gasteiger partial charge in [0.15, 0.2) is 5.69 Å². The van der Waals surface area contributed by atoms with E-state index in [9.17, 15) is 4.79 Å². The molecule has 1 fully saturated rings. The highest BCUT2D eigenvalue weighted by molar-refractivity contribution is 6.30. The second kappa shape index (κ2) is 7.41. The van der Waals surface area contributed by atoms with Crippen molar-refractivity contribution in [1.82, 2.24) is 15.1 Å². The first-order chi connectivity index (χ1) is 12.6. The van der Waals surface area contributed by atoms with Gasteiger partial charge in [-0.25, -0.2) is 0 Å². The molecule has 26 heavy (non-hydrogen) atoms. The molecule has 0 spiro atoms. The summed E-state index contributed by atoms with van der Waals surface area (Å²) < 4.78 is 7.84. The molecular weight excluding hydrogens is 350 g/mol. The van der Waals surface area contributed by atoms with E-state index in [1.165, 1.54) is 12.8 Å². The number of ether oxygens (including phenoxy) is 1. The number of aromatic nitrogens is 2. The van der Waals surface area contributed by atoms with Gasteiger partial charge in [-0.3, -0.25) is 9.48 Å². The number of hydrogen-bond donors (Lipinski definition) is 1. The van der Waals surface area contributed by atoms with Crippen LogP contribution in [0.1, 0.15) is 60.5 Å². The molecule has 5 nitrogen and oxygen atoms in total. The minimum atomic E-state index is -0.0745. The van der Waals surface area contributed by atoms with Crippen molar-refractivity contribution < 1.29 is 9.53 Å². The summed E-state index contributed by atoms with van der Waals surface area (Å²) in [6.07, 6.45) is 4.41. The number of carbonyl (C=O) groups is 1. The van der Waals surface area contributed by atoms with Crippen molar-refractivity contribution in [3.63, 3.8) is 0 Å². The number of hydrogen-bond acceptors (Lipinski definition) is 3. The monoisotopic (exact) mass is 373 g/mol. The van der Waals surface area contributed by atoms with E-state index in [0.717, 1.165) is 30.0 Å². The standard InChI is InChI=1S/C20H24ClN3O2/c1-13-2-8-16(9-3-13)22-20(25)18-10-17-12-26-19(11-24(17)23-18)14-4-6-15(21)7-5-14/h4-7,10,13,16,19H,2-3,8-9,11-12H2,1H3,(H,22,25)/t13?,16?,19-/m1/s1. The summed E-state index contributed by atoms with van der Waals surface area (Å²) in [7, 11) is 0. The Kier molecular flexibility index (Phi) is 5.00. The lowest BCUT2D eigenvalue weighted by molar-refractivity contribution is -0.00119. The normalized spacial score (nSPS) is 25.5. The fourth-order valence-electron chi connectivity index (χ4n) is 3.78. The molecule has 1 aromatic carbocycles. The summed E-state index contributed by atoms with van der Waals surface area (Å²) in [6.45, 7) is 3.33. The average Bonchev–Trinajstić information content (AvgIpc) is 3.08. The summed E-state index contributed by atoms with van der Waals surface area (Å²) in [6, 6.07) is 9.79. The number of amides is 1. The molecule has 4 rings (SSSR count). The quantitative estimate of drug-likeness (QED) is 0.880. The fourth-order valence-corrected chi connectivity index (χ4v) is 3.91. The van der Waals surface area contributed by atoms with Crippen molar-refractivity contribution in [2.24, 2.45) is 5.92 Å². The van der Waals surface area contributed by atoms with Crippen LogP contribution in [-0.2, 0) is 17.9 Å². The highest BCUT2D eigenvalue weighted by atomic mass is 35.5. The summed E-state index contributed by atoms with van der Waals surface area (Å²) >= 11 is 5.95. The minimum Gasteiger partial charge on any atom is -0.365 e. The van der Waals surface area contributed by atoms with Crippen LogP contribution in [0.25, 0.3) is 0 Å². The zero-order valence-corrected chi connectivity index (χ0v) is 15.7. The van der Waals surface area contributed by atoms with E-state index in [2.05, 4.69) is 17.3 Å². The van der Waals surface area contributed by atoms with Crippen LogP contribution in [0.15, 0.2) is 30.3 Å². The highest BCUT2D eigenvalue weighted by Gasteiger charge is 2.26. The molecule has 0 unspecified atom stereocenters. The van der Waals surface area contributed by atoms with Crippen molar-refractivity contribution >= 4 is 17.5 Å². The zero-order valence-electron chi connectivity index (χ0n) is 15.0. The SMILES string of the molecule is CC1CCC(NC(=O)c2cc3n(n2)C[C@H](c2ccc(Cl)cc2)OC3)CC1. The number of halogens is 1. The number of carbonyl (C=O) groups excluding carboxylic acids is 1. The molecular formula is C20H24ClN3O2. The van der Waals surface area contributed by atoms with E-state index in [-0.39, 0.29) is 18.1 Å². The largest absolute Gasteiger partial charge is 0.365 e. The van der Waals surface area contributed by atoms with Gasteiger partial charge in [-0.2, -0.15) is 5.10 Å². The molecule has 1 amide bonds. The maximum Gasteiger partial charge on any atom is 0.272 e. The first-order valence-corrected chi connectivity index (χ1v) is 9.71. The van der Waals surface area contributed by atoms with Crippen LogP contribution >= 0.6 is 11.6 Å². The third-order valence-corrected chi connectivity index (χ3v) is 5.71. The van der Waals surface area contributed by atoms with Gasteiger partial charge in [0.2, 0.25) is 0 Å². The molecule has 0 radical (unpaired) electrons. The van der Waals surface area contributed by atoms with Gasteiger partial charge in [0.25, 0.3) is 5.91 Å². The van der Waals surface area contributed by atoms with Crippen LogP contribution in [0.3, 0.4) is 0 Å². The molecule has 1 N–H and O–H groups in total. The molecule has 2 aromatic rings. The third-order valence-electron chi connectivity index (χ3n) is 5.46. The summed E-state index contributed by atoms with van der Waals surface area (Å²) in [5, 5.41) is 8.38. The zero-order chi connectivity index (χ0) is 18.1. The van der Waals surface area contributed by atoms with Crippen molar-refractivity contribution in [2.45, 2.75) is 57.9 Å². The van der Waals surface area contributed by atoms with E-state index in [1.54, 1.807) is 0 Å². The minimum absolute atomic E-state index is 0.0737. The molecule has 138 valence electrons. The van der Waals surface area contributed by atoms with Crippen LogP contribution in [0, 0.1) is 5.92 Å². The fraction of sp³-hybridized carbons (Fsp3) is 0.500. The number of nitrogens with zero attached hydrogens (tertiary/aromatic N) is 2. The average molecular weight is 374 g/mol. The van der Waals surface area contributed by atoms with Crippen LogP contribution in [-0.4, -0.2) is 21.7 Å². The Hall–Kier alpha value is -1.85. The van der Waals surface area contributed by atoms with Crippen LogP contribution < -0.4 is 5.32 Å². The second-order valence-corrected chi connectivity index (χ2v) is 7.92. The highest BCUT2D eigenvalue weighted by Crippen LogP contribution is 2.28. The van der Waals surface area contributed by atoms with Crippen molar-refractivity contribution in [2.75, 3.05) is 0 Å². The van der Waals surface area contributed by atoms with Crippen LogP contribution in [0.4, 0.5) is 0 Å². The maximum absolute atomic E-state index is 12.6. The topological polar surface area (TPSA) is 56.2 Å². The molecule has 1 aromatic heterocycles. The van der Waals surface area contributed by atoms with Crippen molar-refractivity contribution in [3.05, 3.63) is 52.3 Å². The van der Waals surface area contributed by atoms with E-state index in [1.807, 2.05) is 35.0 Å². The lowest BCUT2D eigenvalue weighted by Gasteiger charge is -2.26. The van der Waals surface area contributed by atoms with Gasteiger partial charge >= 0.3 is 0 Å². The summed E-state index contributed by atoms with van der Waals surface area (Å²) in [5.74, 6) is 0.694. The van der Waals surface area contributed by atoms with Gasteiger partial charge in [-0.1, -0.05) is 30.7 Å². The predicted molar refractivity (Wildman–Crippen MR) is 100 cm³/mol. The smallest absolute Gasteiger partial charge is 0.272 e. The number of rotatable bonds is 3. The van der Waals surface area contributed by atoms with Crippen LogP contribution in [0.5, 0.6) is 0 Å². The first-order valence-electron chi connectivity index (χ1n) is 9.33. The summed E-state index contributed by atoms with van der Waals surface area (Å²) in [5.41, 5.74) is 2.49. The van der Waals surface area contributed by atoms with Gasteiger partial charge in [-0.05, 0) is 55.4 Å². The molecule has 6 heteroatoms. The molecule has 1 aliphatic carbocycles. The Morgan fingerprint density at radius 1 is 1.23 bits per heavy atom. The van der Waals surface area contributed by atoms with Crippen molar-refractivity contribution in [3.8, 4) is 0 Å². The first kappa shape index (κ1) is 17.6. The molecule has 1 atom stereocenters. The van der Waals surface area contributed by atoms with E-state index < -0.39 is 0 Å². The van der Waals surface area contributed by atoms with Gasteiger partial charge in [-0.15, -0.1) is 0 Å². The lowest BCUT2D eigenvalue weighted by atomic mass is 9.87. The maximum atomic E-state index is 12.6. The molecule has 2 heterocycles. The summed E-state index contributed by atoms with van der Waals surface area (Å²) in [4.78, 5) is 12.6. The Morgan fingerprint density at radius 2 is 1.96 bits per heavy atom. The van der Waals surface area contributed by atoms with Crippen LogP contribution in [0.2, 0.25) is 5.02 Å². The second-order valence-electron chi connectivity index (χ2n) is 7.48. The molecule has 1 saturated carbocycles. The Labute approximate surface area is 158 Å². The Morgan fingerprint density at radius 3 is 2.69 bits per heavy atom. The number of fused-ring (bicyclic) bond motifs is 1. The van der Waals surface area contributed by atoms with Gasteiger partial charge in [0.1, 0.15) is 6.10 Å². The van der Waals surface area contributed by atoms with Crippen molar-refractivity contribution in [1.29, 1.82) is 0 Å². The number of benzene rings is 1. The molecule has 2 aliphatic rings. The molecule has 0 saturated heterocycles. The predicted octanol–water partition coefficient (Wildman–Crippen LogP) is 4.12. The number of nitrogens with one attached hydrogen (secondary N) is 1. The molecule has 1 aliphatic heterocycles. The van der Waals surface area contributed by atoms with Gasteiger partial charge in [0, 0.05) is 11.1 Å². The Bertz CT molecular complexity index is 779.